The summed E-state index contributed by atoms with van der Waals surface area (Å²) in [5.74, 6) is 0.567. The number of hydrogen-bond acceptors (Lipinski definition) is 5. The Hall–Kier alpha value is -3.16. The molecule has 0 aliphatic carbocycles. The van der Waals surface area contributed by atoms with E-state index in [1.54, 1.807) is 34.1 Å². The van der Waals surface area contributed by atoms with Crippen LogP contribution < -0.4 is 4.90 Å². The number of benzene rings is 2. The second-order valence-electron chi connectivity index (χ2n) is 8.45. The minimum atomic E-state index is -0.129. The molecule has 0 N–H and O–H groups in total. The molecular weight excluding hydrogens is 485 g/mol. The average Bonchev–Trinajstić information content (AvgIpc) is 2.87. The molecule has 7 nitrogen and oxygen atoms in total. The van der Waals surface area contributed by atoms with Gasteiger partial charge in [-0.2, -0.15) is 0 Å². The molecule has 0 bridgehead atoms. The summed E-state index contributed by atoms with van der Waals surface area (Å²) < 4.78 is 0. The van der Waals surface area contributed by atoms with Gasteiger partial charge in [0.2, 0.25) is 5.91 Å². The molecule has 1 aromatic heterocycles. The first-order valence-corrected chi connectivity index (χ1v) is 12.3. The van der Waals surface area contributed by atoms with Gasteiger partial charge in [0, 0.05) is 48.9 Å². The van der Waals surface area contributed by atoms with Crippen molar-refractivity contribution in [1.29, 1.82) is 0 Å². The van der Waals surface area contributed by atoms with E-state index in [0.717, 1.165) is 16.9 Å². The second kappa shape index (κ2) is 11.1. The van der Waals surface area contributed by atoms with Gasteiger partial charge in [0.1, 0.15) is 6.54 Å². The van der Waals surface area contributed by atoms with Crippen molar-refractivity contribution in [3.8, 4) is 11.3 Å². The standard InChI is InChI=1S/C26H27Cl2N5O2/c1-3-31(26(35)19-6-4-18(2)5-7-19)17-25(34)33-14-12-32(13-15-33)24-11-10-23(29-30-24)21-9-8-20(27)16-22(21)28/h4-11,16H,3,12-15,17H2,1-2H3. The predicted octanol–water partition coefficient (Wildman–Crippen LogP) is 4.57. The zero-order valence-electron chi connectivity index (χ0n) is 19.7. The third kappa shape index (κ3) is 5.92. The Labute approximate surface area is 215 Å². The van der Waals surface area contributed by atoms with E-state index in [4.69, 9.17) is 23.2 Å². The summed E-state index contributed by atoms with van der Waals surface area (Å²) in [6, 6.07) is 16.5. The van der Waals surface area contributed by atoms with Crippen LogP contribution in [0.3, 0.4) is 0 Å². The van der Waals surface area contributed by atoms with Crippen LogP contribution in [-0.4, -0.2) is 71.1 Å². The minimum absolute atomic E-state index is 0.0502. The molecule has 1 aliphatic heterocycles. The number of nitrogens with zero attached hydrogens (tertiary/aromatic N) is 5. The Bertz CT molecular complexity index is 1190. The molecule has 0 spiro atoms. The molecule has 1 aliphatic rings. The van der Waals surface area contributed by atoms with Gasteiger partial charge in [0.25, 0.3) is 5.91 Å². The fraction of sp³-hybridized carbons (Fsp3) is 0.308. The van der Waals surface area contributed by atoms with E-state index in [-0.39, 0.29) is 18.4 Å². The molecule has 3 aromatic rings. The molecule has 1 saturated heterocycles. The van der Waals surface area contributed by atoms with Crippen molar-refractivity contribution in [3.05, 3.63) is 75.8 Å². The van der Waals surface area contributed by atoms with Gasteiger partial charge in [0.15, 0.2) is 5.82 Å². The summed E-state index contributed by atoms with van der Waals surface area (Å²) >= 11 is 12.3. The van der Waals surface area contributed by atoms with E-state index in [1.165, 1.54) is 0 Å². The molecule has 0 atom stereocenters. The van der Waals surface area contributed by atoms with E-state index in [0.29, 0.717) is 54.0 Å². The van der Waals surface area contributed by atoms with Gasteiger partial charge in [-0.15, -0.1) is 10.2 Å². The van der Waals surface area contributed by atoms with Gasteiger partial charge < -0.3 is 14.7 Å². The molecular formula is C26H27Cl2N5O2. The predicted molar refractivity (Wildman–Crippen MR) is 139 cm³/mol. The van der Waals surface area contributed by atoms with E-state index in [9.17, 15) is 9.59 Å². The summed E-state index contributed by atoms with van der Waals surface area (Å²) in [6.45, 7) is 6.79. The fourth-order valence-corrected chi connectivity index (χ4v) is 4.49. The number of halogens is 2. The third-order valence-electron chi connectivity index (χ3n) is 6.11. The third-order valence-corrected chi connectivity index (χ3v) is 6.66. The van der Waals surface area contributed by atoms with Crippen molar-refractivity contribution in [2.45, 2.75) is 13.8 Å². The van der Waals surface area contributed by atoms with Crippen LogP contribution in [0.1, 0.15) is 22.8 Å². The summed E-state index contributed by atoms with van der Waals surface area (Å²) in [7, 11) is 0. The molecule has 0 unspecified atom stereocenters. The lowest BCUT2D eigenvalue weighted by molar-refractivity contribution is -0.132. The number of likely N-dealkylation sites (N-methyl/N-ethyl adjacent to an activating group) is 1. The Morgan fingerprint density at radius 1 is 0.943 bits per heavy atom. The van der Waals surface area contributed by atoms with Crippen molar-refractivity contribution < 1.29 is 9.59 Å². The summed E-state index contributed by atoms with van der Waals surface area (Å²) in [5, 5.41) is 9.78. The Kier molecular flexibility index (Phi) is 7.88. The second-order valence-corrected chi connectivity index (χ2v) is 9.30. The summed E-state index contributed by atoms with van der Waals surface area (Å²) in [5.41, 5.74) is 3.12. The molecule has 1 fully saturated rings. The van der Waals surface area contributed by atoms with E-state index in [2.05, 4.69) is 15.1 Å². The van der Waals surface area contributed by atoms with Crippen molar-refractivity contribution in [1.82, 2.24) is 20.0 Å². The summed E-state index contributed by atoms with van der Waals surface area (Å²) in [4.78, 5) is 31.2. The number of rotatable bonds is 6. The number of carbonyl (C=O) groups excluding carboxylic acids is 2. The van der Waals surface area contributed by atoms with Crippen LogP contribution in [0.25, 0.3) is 11.3 Å². The van der Waals surface area contributed by atoms with Crippen LogP contribution in [0.5, 0.6) is 0 Å². The molecule has 0 saturated carbocycles. The number of anilines is 1. The molecule has 4 rings (SSSR count). The molecule has 35 heavy (non-hydrogen) atoms. The first-order chi connectivity index (χ1) is 16.9. The maximum Gasteiger partial charge on any atom is 0.254 e. The van der Waals surface area contributed by atoms with Crippen LogP contribution in [0.4, 0.5) is 5.82 Å². The van der Waals surface area contributed by atoms with Gasteiger partial charge in [-0.3, -0.25) is 9.59 Å². The van der Waals surface area contributed by atoms with Crippen LogP contribution in [0.2, 0.25) is 10.0 Å². The number of aryl methyl sites for hydroxylation is 1. The SMILES string of the molecule is CCN(CC(=O)N1CCN(c2ccc(-c3ccc(Cl)cc3Cl)nn2)CC1)C(=O)c1ccc(C)cc1. The van der Waals surface area contributed by atoms with E-state index in [1.807, 2.05) is 44.2 Å². The highest BCUT2D eigenvalue weighted by atomic mass is 35.5. The quantitative estimate of drug-likeness (QED) is 0.484. The van der Waals surface area contributed by atoms with E-state index < -0.39 is 0 Å². The first-order valence-electron chi connectivity index (χ1n) is 11.5. The Balaban J connectivity index is 1.33. The van der Waals surface area contributed by atoms with Crippen molar-refractivity contribution in [2.75, 3.05) is 44.2 Å². The molecule has 2 aromatic carbocycles. The topological polar surface area (TPSA) is 69.6 Å². The van der Waals surface area contributed by atoms with Gasteiger partial charge in [-0.25, -0.2) is 0 Å². The zero-order valence-corrected chi connectivity index (χ0v) is 21.3. The lowest BCUT2D eigenvalue weighted by Gasteiger charge is -2.36. The van der Waals surface area contributed by atoms with Gasteiger partial charge in [-0.1, -0.05) is 40.9 Å². The normalized spacial score (nSPS) is 13.6. The lowest BCUT2D eigenvalue weighted by Crippen LogP contribution is -2.52. The van der Waals surface area contributed by atoms with Crippen molar-refractivity contribution in [2.24, 2.45) is 0 Å². The molecule has 2 heterocycles. The maximum absolute atomic E-state index is 12.9. The summed E-state index contributed by atoms with van der Waals surface area (Å²) in [6.07, 6.45) is 0. The largest absolute Gasteiger partial charge is 0.352 e. The van der Waals surface area contributed by atoms with Gasteiger partial charge in [0.05, 0.1) is 10.7 Å². The van der Waals surface area contributed by atoms with Crippen LogP contribution in [-0.2, 0) is 4.79 Å². The van der Waals surface area contributed by atoms with Crippen LogP contribution >= 0.6 is 23.2 Å². The van der Waals surface area contributed by atoms with Crippen LogP contribution in [0, 0.1) is 6.92 Å². The number of amides is 2. The van der Waals surface area contributed by atoms with Crippen LogP contribution in [0.15, 0.2) is 54.6 Å². The molecule has 2 amide bonds. The molecule has 0 radical (unpaired) electrons. The van der Waals surface area contributed by atoms with E-state index >= 15 is 0 Å². The maximum atomic E-state index is 12.9. The fourth-order valence-electron chi connectivity index (χ4n) is 3.99. The smallest absolute Gasteiger partial charge is 0.254 e. The Morgan fingerprint density at radius 3 is 2.26 bits per heavy atom. The molecule has 182 valence electrons. The van der Waals surface area contributed by atoms with Gasteiger partial charge in [-0.05, 0) is 56.3 Å². The lowest BCUT2D eigenvalue weighted by atomic mass is 10.1. The Morgan fingerprint density at radius 2 is 1.66 bits per heavy atom. The highest BCUT2D eigenvalue weighted by Gasteiger charge is 2.25. The number of piperazine rings is 1. The zero-order chi connectivity index (χ0) is 24.9. The highest BCUT2D eigenvalue weighted by Crippen LogP contribution is 2.29. The monoisotopic (exact) mass is 511 g/mol. The molecule has 9 heteroatoms. The highest BCUT2D eigenvalue weighted by molar-refractivity contribution is 6.36. The van der Waals surface area contributed by atoms with Gasteiger partial charge >= 0.3 is 0 Å². The number of carbonyl (C=O) groups is 2. The van der Waals surface area contributed by atoms with Crippen molar-refractivity contribution in [3.63, 3.8) is 0 Å². The minimum Gasteiger partial charge on any atom is -0.352 e. The van der Waals surface area contributed by atoms with Crippen molar-refractivity contribution >= 4 is 40.8 Å². The first kappa shape index (κ1) is 24.9. The average molecular weight is 512 g/mol. The number of hydrogen-bond donors (Lipinski definition) is 0. The number of aromatic nitrogens is 2.